The maximum atomic E-state index is 15.4. The molecule has 11 unspecified atom stereocenters. The Morgan fingerprint density at radius 1 is 0.925 bits per heavy atom. The third-order valence-corrected chi connectivity index (χ3v) is 20.2. The van der Waals surface area contributed by atoms with Crippen LogP contribution in [0.5, 0.6) is 5.75 Å². The molecule has 4 saturated carbocycles. The molecule has 4 spiro atoms. The molecule has 0 amide bonds. The number of hydrogen-bond acceptors (Lipinski definition) is 15. The van der Waals surface area contributed by atoms with Crippen LogP contribution in [0.25, 0.3) is 0 Å². The minimum Gasteiger partial charge on any atom is -0.511 e. The average Bonchev–Trinajstić information content (AvgIpc) is 4.04. The quantitative estimate of drug-likeness (QED) is 0.132. The number of carbonyl (C=O) groups is 3. The molecule has 5 fully saturated rings. The molecule has 1 saturated heterocycles. The van der Waals surface area contributed by atoms with Crippen LogP contribution in [-0.4, -0.2) is 103 Å². The number of fused-ring (bicyclic) bond motifs is 5. The lowest BCUT2D eigenvalue weighted by atomic mass is 9.51. The fourth-order valence-corrected chi connectivity index (χ4v) is 17.2. The van der Waals surface area contributed by atoms with Gasteiger partial charge in [-0.25, -0.2) is 0 Å². The van der Waals surface area contributed by atoms with Crippen molar-refractivity contribution in [3.8, 4) is 5.75 Å². The summed E-state index contributed by atoms with van der Waals surface area (Å²) in [5.74, 6) is -2.24. The minimum atomic E-state index is -2.32. The molecule has 7 bridgehead atoms. The molecule has 0 radical (unpaired) electrons. The van der Waals surface area contributed by atoms with Crippen LogP contribution < -0.4 is 15.4 Å². The van der Waals surface area contributed by atoms with Crippen LogP contribution >= 0.6 is 21.6 Å². The summed E-state index contributed by atoms with van der Waals surface area (Å²) in [6.45, 7) is -0.381. The number of dihydropyridines is 1. The van der Waals surface area contributed by atoms with Crippen molar-refractivity contribution in [1.82, 2.24) is 10.6 Å². The first-order valence-corrected chi connectivity index (χ1v) is 26.4. The topological polar surface area (TPSA) is 215 Å². The number of allylic oxidation sites excluding steroid dienone is 6. The van der Waals surface area contributed by atoms with Crippen molar-refractivity contribution in [3.63, 3.8) is 0 Å². The summed E-state index contributed by atoms with van der Waals surface area (Å²) in [4.78, 5) is 43.5. The summed E-state index contributed by atoms with van der Waals surface area (Å²) < 4.78 is 13.0. The van der Waals surface area contributed by atoms with Crippen molar-refractivity contribution in [2.24, 2.45) is 39.4 Å². The SMILES string of the molecule is O=CC1CC2(CCCC2)CC12CCC1(C2)C2=CCNC(=C2)NCSSCC23C(=O)c4c(cccc4C(=O)C2C=C(Cc2cccc(CO)c2)C=C3O)OC2OC3(CO)CCC1C(O)(C2O)C3O. The predicted molar refractivity (Wildman–Crippen MR) is 252 cm³/mol. The molecule has 2 aromatic carbocycles. The van der Waals surface area contributed by atoms with Gasteiger partial charge in [-0.05, 0) is 116 Å². The highest BCUT2D eigenvalue weighted by atomic mass is 33.1. The minimum absolute atomic E-state index is 0.0144. The van der Waals surface area contributed by atoms with Crippen molar-refractivity contribution >= 4 is 39.4 Å². The zero-order valence-electron chi connectivity index (χ0n) is 37.5. The van der Waals surface area contributed by atoms with E-state index in [1.807, 2.05) is 24.3 Å². The van der Waals surface area contributed by atoms with Gasteiger partial charge in [0.15, 0.2) is 11.6 Å². The predicted octanol–water partition coefficient (Wildman–Crippen LogP) is 5.75. The molecule has 356 valence electrons. The molecule has 8 N–H and O–H groups in total. The molecule has 0 aromatic heterocycles. The molecular formula is C52H60N2O11S2. The highest BCUT2D eigenvalue weighted by Crippen LogP contribution is 2.73. The highest BCUT2D eigenvalue weighted by molar-refractivity contribution is 8.76. The zero-order valence-corrected chi connectivity index (χ0v) is 39.1. The Bertz CT molecular complexity index is 2520. The van der Waals surface area contributed by atoms with Crippen molar-refractivity contribution in [2.45, 2.75) is 113 Å². The van der Waals surface area contributed by atoms with Gasteiger partial charge in [-0.1, -0.05) is 83.0 Å². The normalized spacial score (nSPS) is 39.6. The van der Waals surface area contributed by atoms with E-state index < -0.39 is 70.5 Å². The average molecular weight is 953 g/mol. The van der Waals surface area contributed by atoms with Gasteiger partial charge in [-0.15, -0.1) is 0 Å². The zero-order chi connectivity index (χ0) is 46.6. The highest BCUT2D eigenvalue weighted by Gasteiger charge is 2.74. The van der Waals surface area contributed by atoms with Gasteiger partial charge in [0.2, 0.25) is 6.29 Å². The van der Waals surface area contributed by atoms with Crippen molar-refractivity contribution < 1.29 is 54.5 Å². The second-order valence-corrected chi connectivity index (χ2v) is 23.7. The number of aliphatic hydroxyl groups is 6. The molecule has 15 heteroatoms. The van der Waals surface area contributed by atoms with Crippen LogP contribution in [0.4, 0.5) is 0 Å². The molecular weight excluding hydrogens is 893 g/mol. The Kier molecular flexibility index (Phi) is 11.3. The number of Topliss-reactive ketones (excluding diaryl/α,β-unsaturated/α-hetero) is 2. The Balaban J connectivity index is 1.02. The Morgan fingerprint density at radius 3 is 2.52 bits per heavy atom. The molecule has 6 aliphatic carbocycles. The van der Waals surface area contributed by atoms with Gasteiger partial charge >= 0.3 is 0 Å². The van der Waals surface area contributed by atoms with E-state index in [-0.39, 0.29) is 64.6 Å². The number of hydrogen-bond donors (Lipinski definition) is 8. The number of ketones is 2. The van der Waals surface area contributed by atoms with Crippen LogP contribution in [0.3, 0.4) is 0 Å². The summed E-state index contributed by atoms with van der Waals surface area (Å²) in [6, 6.07) is 12.0. The number of rotatable bonds is 5. The fourth-order valence-electron chi connectivity index (χ4n) is 14.9. The summed E-state index contributed by atoms with van der Waals surface area (Å²) in [5, 5.41) is 78.8. The lowest BCUT2D eigenvalue weighted by molar-refractivity contribution is -0.383. The largest absolute Gasteiger partial charge is 0.511 e. The number of carbonyl (C=O) groups excluding carboxylic acids is 3. The summed E-state index contributed by atoms with van der Waals surface area (Å²) >= 11 is 0. The lowest BCUT2D eigenvalue weighted by Gasteiger charge is -2.63. The molecule has 11 atom stereocenters. The Hall–Kier alpha value is -3.93. The van der Waals surface area contributed by atoms with Gasteiger partial charge < -0.3 is 55.5 Å². The van der Waals surface area contributed by atoms with Gasteiger partial charge in [0.05, 0.1) is 36.4 Å². The monoisotopic (exact) mass is 952 g/mol. The Morgan fingerprint density at radius 2 is 1.73 bits per heavy atom. The summed E-state index contributed by atoms with van der Waals surface area (Å²) in [6.07, 6.45) is 12.2. The van der Waals surface area contributed by atoms with Gasteiger partial charge in [0.25, 0.3) is 0 Å². The van der Waals surface area contributed by atoms with E-state index in [0.29, 0.717) is 37.3 Å². The van der Waals surface area contributed by atoms with E-state index in [1.54, 1.807) is 24.3 Å². The second kappa shape index (κ2) is 16.6. The molecule has 11 rings (SSSR count). The van der Waals surface area contributed by atoms with E-state index in [0.717, 1.165) is 73.8 Å². The number of benzene rings is 2. The standard InChI is InChI=1S/C52H60N2O11S2/c55-23-31-6-3-5-30(17-31)18-32-19-36-42(59)35-7-4-8-37-41(35)43(60)51(36,39(58)20-32)28-66-67-29-54-40-21-33(10-16-53-40)49(15-14-48(26-49)25-47(11-1-2-12-47)22-34(48)24-56)38-9-13-50(27-57)46(62)52(38,63)44(61)45(64-37)65-50/h3-8,10,17,19-21,24,34,36,38,44-46,53-55,57-58,61-63H,1-2,9,11-16,18,22-23,25-29H2. The van der Waals surface area contributed by atoms with Crippen LogP contribution in [0.1, 0.15) is 102 Å². The van der Waals surface area contributed by atoms with Gasteiger partial charge in [-0.2, -0.15) is 0 Å². The first kappa shape index (κ1) is 45.5. The van der Waals surface area contributed by atoms with Gasteiger partial charge in [0.1, 0.15) is 46.6 Å². The number of ether oxygens (including phenoxy) is 2. The maximum Gasteiger partial charge on any atom is 0.229 e. The maximum absolute atomic E-state index is 15.4. The first-order chi connectivity index (χ1) is 32.3. The molecule has 2 aromatic rings. The first-order valence-electron chi connectivity index (χ1n) is 24.0. The third kappa shape index (κ3) is 6.76. The van der Waals surface area contributed by atoms with Crippen LogP contribution in [0, 0.1) is 39.4 Å². The van der Waals surface area contributed by atoms with Gasteiger partial charge in [0, 0.05) is 35.1 Å². The molecule has 3 heterocycles. The van der Waals surface area contributed by atoms with E-state index >= 15 is 4.79 Å². The van der Waals surface area contributed by atoms with Crippen molar-refractivity contribution in [1.29, 1.82) is 0 Å². The van der Waals surface area contributed by atoms with Gasteiger partial charge in [-0.3, -0.25) is 9.59 Å². The van der Waals surface area contributed by atoms with E-state index in [9.17, 15) is 40.2 Å². The number of nitrogens with one attached hydrogen (secondary N) is 2. The van der Waals surface area contributed by atoms with E-state index in [2.05, 4.69) is 22.8 Å². The smallest absolute Gasteiger partial charge is 0.229 e. The van der Waals surface area contributed by atoms with Crippen LogP contribution in [0.2, 0.25) is 0 Å². The van der Waals surface area contributed by atoms with Crippen molar-refractivity contribution in [2.75, 3.05) is 24.8 Å². The number of aldehydes is 1. The molecule has 9 aliphatic rings. The molecule has 67 heavy (non-hydrogen) atoms. The lowest BCUT2D eigenvalue weighted by Crippen LogP contribution is -2.79. The molecule has 13 nitrogen and oxygen atoms in total. The van der Waals surface area contributed by atoms with Crippen LogP contribution in [0.15, 0.2) is 89.5 Å². The fraction of sp³-hybridized carbons (Fsp3) is 0.558. The van der Waals surface area contributed by atoms with E-state index in [1.165, 1.54) is 27.7 Å². The van der Waals surface area contributed by atoms with Crippen LogP contribution in [-0.2, 0) is 22.6 Å². The Labute approximate surface area is 397 Å². The summed E-state index contributed by atoms with van der Waals surface area (Å²) in [5.41, 5.74) is -3.73. The molecule has 3 aliphatic heterocycles. The third-order valence-electron chi connectivity index (χ3n) is 18.0. The number of aliphatic hydroxyl groups excluding tert-OH is 5. The second-order valence-electron chi connectivity index (χ2n) is 21.2. The summed E-state index contributed by atoms with van der Waals surface area (Å²) in [7, 11) is 2.80. The van der Waals surface area contributed by atoms with E-state index in [4.69, 9.17) is 9.47 Å². The van der Waals surface area contributed by atoms with Crippen molar-refractivity contribution in [3.05, 3.63) is 112 Å².